The third kappa shape index (κ3) is 7.52. The highest BCUT2D eigenvalue weighted by Crippen LogP contribution is 2.37. The Morgan fingerprint density at radius 2 is 1.54 bits per heavy atom. The standard InChI is InChI=1S/C26H44BF2NO4Si/c1-23(2,3)16-24(4,5)30-22(31)17-15-18(27-33-25(6,7)26(8,9)34-27)19(28)20(29)21(17)32-13-14-35(10,11)12/h15H,13-14,16H2,1-12H3,(H,30,31). The Hall–Kier alpha value is -1.45. The van der Waals surface area contributed by atoms with Gasteiger partial charge in [0.2, 0.25) is 5.82 Å². The van der Waals surface area contributed by atoms with E-state index in [2.05, 4.69) is 45.7 Å². The van der Waals surface area contributed by atoms with Crippen molar-refractivity contribution in [3.8, 4) is 5.75 Å². The van der Waals surface area contributed by atoms with Crippen LogP contribution in [0.1, 0.15) is 79.1 Å². The first kappa shape index (κ1) is 29.8. The van der Waals surface area contributed by atoms with Crippen LogP contribution in [0, 0.1) is 17.0 Å². The summed E-state index contributed by atoms with van der Waals surface area (Å²) in [5, 5.41) is 2.99. The van der Waals surface area contributed by atoms with Crippen molar-refractivity contribution in [2.45, 2.75) is 111 Å². The summed E-state index contributed by atoms with van der Waals surface area (Å²) in [5.41, 5.74) is -2.34. The topological polar surface area (TPSA) is 56.8 Å². The smallest absolute Gasteiger partial charge is 0.490 e. The average molecular weight is 512 g/mol. The maximum Gasteiger partial charge on any atom is 0.497 e. The molecule has 0 saturated carbocycles. The van der Waals surface area contributed by atoms with Gasteiger partial charge >= 0.3 is 7.12 Å². The number of nitrogens with one attached hydrogen (secondary N) is 1. The van der Waals surface area contributed by atoms with Gasteiger partial charge in [-0.3, -0.25) is 4.79 Å². The molecule has 1 aromatic rings. The third-order valence-electron chi connectivity index (χ3n) is 6.46. The number of halogens is 2. The zero-order chi connectivity index (χ0) is 27.2. The van der Waals surface area contributed by atoms with Crippen LogP contribution in [-0.2, 0) is 9.31 Å². The van der Waals surface area contributed by atoms with Gasteiger partial charge in [0.15, 0.2) is 11.6 Å². The number of hydrogen-bond acceptors (Lipinski definition) is 4. The van der Waals surface area contributed by atoms with Gasteiger partial charge in [0.25, 0.3) is 5.91 Å². The van der Waals surface area contributed by atoms with Gasteiger partial charge in [-0.15, -0.1) is 0 Å². The molecule has 5 nitrogen and oxygen atoms in total. The minimum absolute atomic E-state index is 0.0463. The molecule has 1 aromatic carbocycles. The molecule has 9 heteroatoms. The minimum Gasteiger partial charge on any atom is -0.490 e. The number of carbonyl (C=O) groups excluding carboxylic acids is 1. The molecule has 1 fully saturated rings. The van der Waals surface area contributed by atoms with Gasteiger partial charge in [-0.25, -0.2) is 4.39 Å². The molecule has 2 rings (SSSR count). The molecule has 1 amide bonds. The lowest BCUT2D eigenvalue weighted by atomic mass is 9.77. The van der Waals surface area contributed by atoms with Crippen molar-refractivity contribution in [3.63, 3.8) is 0 Å². The maximum absolute atomic E-state index is 15.5. The SMILES string of the molecule is CC(C)(C)CC(C)(C)NC(=O)c1cc(B2OC(C)(C)C(C)(C)O2)c(F)c(F)c1OCC[Si](C)(C)C. The Morgan fingerprint density at radius 3 is 2.00 bits per heavy atom. The van der Waals surface area contributed by atoms with E-state index in [0.29, 0.717) is 6.42 Å². The van der Waals surface area contributed by atoms with Gasteiger partial charge in [0.1, 0.15) is 0 Å². The lowest BCUT2D eigenvalue weighted by Gasteiger charge is -2.33. The van der Waals surface area contributed by atoms with Crippen LogP contribution in [-0.4, -0.2) is 44.4 Å². The van der Waals surface area contributed by atoms with Gasteiger partial charge in [0.05, 0.1) is 23.4 Å². The molecule has 1 aliphatic rings. The second kappa shape index (κ2) is 9.78. The molecule has 198 valence electrons. The van der Waals surface area contributed by atoms with E-state index in [4.69, 9.17) is 14.0 Å². The van der Waals surface area contributed by atoms with Crippen molar-refractivity contribution in [2.24, 2.45) is 5.41 Å². The summed E-state index contributed by atoms with van der Waals surface area (Å²) in [5.74, 6) is -3.23. The fourth-order valence-electron chi connectivity index (χ4n) is 4.28. The molecule has 1 N–H and O–H groups in total. The van der Waals surface area contributed by atoms with Crippen LogP contribution in [0.4, 0.5) is 8.78 Å². The van der Waals surface area contributed by atoms with E-state index >= 15 is 8.78 Å². The van der Waals surface area contributed by atoms with Crippen LogP contribution in [0.3, 0.4) is 0 Å². The molecular weight excluding hydrogens is 467 g/mol. The molecular formula is C26H44BF2NO4Si. The summed E-state index contributed by atoms with van der Waals surface area (Å²) < 4.78 is 48.5. The lowest BCUT2D eigenvalue weighted by molar-refractivity contribution is 0.00578. The molecule has 0 atom stereocenters. The summed E-state index contributed by atoms with van der Waals surface area (Å²) in [6.07, 6.45) is 0.686. The largest absolute Gasteiger partial charge is 0.497 e. The predicted molar refractivity (Wildman–Crippen MR) is 141 cm³/mol. The average Bonchev–Trinajstić information content (AvgIpc) is 2.82. The third-order valence-corrected chi connectivity index (χ3v) is 8.17. The van der Waals surface area contributed by atoms with Gasteiger partial charge in [-0.2, -0.15) is 4.39 Å². The molecule has 0 aliphatic carbocycles. The normalized spacial score (nSPS) is 18.1. The van der Waals surface area contributed by atoms with Gasteiger partial charge in [0, 0.05) is 19.1 Å². The van der Waals surface area contributed by atoms with Crippen molar-refractivity contribution < 1.29 is 27.6 Å². The first-order valence-corrected chi connectivity index (χ1v) is 16.1. The fraction of sp³-hybridized carbons (Fsp3) is 0.731. The van der Waals surface area contributed by atoms with E-state index < -0.39 is 49.5 Å². The first-order valence-electron chi connectivity index (χ1n) is 12.4. The molecule has 0 bridgehead atoms. The summed E-state index contributed by atoms with van der Waals surface area (Å²) in [4.78, 5) is 13.5. The van der Waals surface area contributed by atoms with E-state index in [1.54, 1.807) is 0 Å². The van der Waals surface area contributed by atoms with Gasteiger partial charge < -0.3 is 19.4 Å². The molecule has 1 aliphatic heterocycles. The summed E-state index contributed by atoms with van der Waals surface area (Å²) >= 11 is 0. The van der Waals surface area contributed by atoms with E-state index in [1.165, 1.54) is 6.07 Å². The van der Waals surface area contributed by atoms with Crippen LogP contribution < -0.4 is 15.5 Å². The van der Waals surface area contributed by atoms with Crippen LogP contribution in [0.15, 0.2) is 6.07 Å². The predicted octanol–water partition coefficient (Wildman–Crippen LogP) is 5.93. The lowest BCUT2D eigenvalue weighted by Crippen LogP contribution is -2.46. The maximum atomic E-state index is 15.5. The Bertz CT molecular complexity index is 936. The van der Waals surface area contributed by atoms with Gasteiger partial charge in [-0.05, 0) is 65.5 Å². The fourth-order valence-corrected chi connectivity index (χ4v) is 5.00. The van der Waals surface area contributed by atoms with E-state index in [0.717, 1.165) is 6.04 Å². The number of benzene rings is 1. The number of amides is 1. The highest BCUT2D eigenvalue weighted by molar-refractivity contribution is 6.76. The Kier molecular flexibility index (Phi) is 8.32. The van der Waals surface area contributed by atoms with Crippen LogP contribution in [0.5, 0.6) is 5.75 Å². The molecule has 0 radical (unpaired) electrons. The Morgan fingerprint density at radius 1 is 1.03 bits per heavy atom. The zero-order valence-electron chi connectivity index (χ0n) is 23.7. The van der Waals surface area contributed by atoms with E-state index in [-0.39, 0.29) is 28.8 Å². The number of hydrogen-bond donors (Lipinski definition) is 1. The van der Waals surface area contributed by atoms with Crippen LogP contribution in [0.2, 0.25) is 25.7 Å². The summed E-state index contributed by atoms with van der Waals surface area (Å²) in [7, 11) is -2.65. The van der Waals surface area contributed by atoms with E-state index in [1.807, 2.05) is 41.5 Å². The molecule has 35 heavy (non-hydrogen) atoms. The zero-order valence-corrected chi connectivity index (χ0v) is 24.7. The van der Waals surface area contributed by atoms with Crippen LogP contribution in [0.25, 0.3) is 0 Å². The van der Waals surface area contributed by atoms with Crippen molar-refractivity contribution >= 4 is 26.6 Å². The number of carbonyl (C=O) groups is 1. The Balaban J connectivity index is 2.52. The molecule has 1 saturated heterocycles. The van der Waals surface area contributed by atoms with E-state index in [9.17, 15) is 4.79 Å². The van der Waals surface area contributed by atoms with Crippen molar-refractivity contribution in [3.05, 3.63) is 23.3 Å². The highest BCUT2D eigenvalue weighted by Gasteiger charge is 2.53. The second-order valence-electron chi connectivity index (χ2n) is 13.8. The number of rotatable bonds is 8. The minimum atomic E-state index is -1.50. The first-order chi connectivity index (χ1) is 15.6. The summed E-state index contributed by atoms with van der Waals surface area (Å²) in [6.45, 7) is 24.1. The monoisotopic (exact) mass is 511 g/mol. The molecule has 0 aromatic heterocycles. The van der Waals surface area contributed by atoms with Crippen LogP contribution >= 0.6 is 0 Å². The quantitative estimate of drug-likeness (QED) is 0.440. The second-order valence-corrected chi connectivity index (χ2v) is 19.4. The molecule has 1 heterocycles. The van der Waals surface area contributed by atoms with Crippen molar-refractivity contribution in [2.75, 3.05) is 6.61 Å². The highest BCUT2D eigenvalue weighted by atomic mass is 28.3. The molecule has 0 spiro atoms. The van der Waals surface area contributed by atoms with Crippen molar-refractivity contribution in [1.29, 1.82) is 0 Å². The summed E-state index contributed by atoms with van der Waals surface area (Å²) in [6, 6.07) is 2.05. The number of ether oxygens (including phenoxy) is 1. The molecule has 0 unspecified atom stereocenters. The van der Waals surface area contributed by atoms with Crippen molar-refractivity contribution in [1.82, 2.24) is 5.32 Å². The Labute approximate surface area is 211 Å². The van der Waals surface area contributed by atoms with Gasteiger partial charge in [-0.1, -0.05) is 40.4 Å².